The Hall–Kier alpha value is -4.28. The zero-order chi connectivity index (χ0) is 27.0. The van der Waals surface area contributed by atoms with Crippen LogP contribution in [0, 0.1) is 10.1 Å². The number of rotatable bonds is 6. The Kier molecular flexibility index (Phi) is 6.83. The molecule has 1 atom stereocenters. The van der Waals surface area contributed by atoms with Gasteiger partial charge >= 0.3 is 5.97 Å². The second-order valence-corrected chi connectivity index (χ2v) is 9.75. The highest BCUT2D eigenvalue weighted by molar-refractivity contribution is 7.07. The number of halogens is 1. The molecule has 0 fully saturated rings. The van der Waals surface area contributed by atoms with Crippen molar-refractivity contribution in [3.8, 4) is 11.3 Å². The van der Waals surface area contributed by atoms with Crippen molar-refractivity contribution >= 4 is 40.7 Å². The summed E-state index contributed by atoms with van der Waals surface area (Å²) in [6, 6.07) is 15.9. The molecule has 0 bridgehead atoms. The van der Waals surface area contributed by atoms with Crippen LogP contribution < -0.4 is 14.9 Å². The number of carbonyl (C=O) groups excluding carboxylic acids is 1. The molecule has 11 heteroatoms. The van der Waals surface area contributed by atoms with E-state index in [4.69, 9.17) is 20.8 Å². The van der Waals surface area contributed by atoms with Crippen LogP contribution in [-0.4, -0.2) is 22.1 Å². The first-order chi connectivity index (χ1) is 18.3. The number of aromatic nitrogens is 1. The van der Waals surface area contributed by atoms with Crippen molar-refractivity contribution in [1.29, 1.82) is 0 Å². The molecular formula is C27H20ClN3O6S. The van der Waals surface area contributed by atoms with Crippen molar-refractivity contribution < 1.29 is 18.9 Å². The highest BCUT2D eigenvalue weighted by Gasteiger charge is 2.33. The quantitative estimate of drug-likeness (QED) is 0.197. The predicted octanol–water partition coefficient (Wildman–Crippen LogP) is 4.62. The third kappa shape index (κ3) is 4.59. The second kappa shape index (κ2) is 10.2. The van der Waals surface area contributed by atoms with Crippen molar-refractivity contribution in [3.05, 3.63) is 118 Å². The summed E-state index contributed by atoms with van der Waals surface area (Å²) in [7, 11) is 0. The standard InChI is InChI=1S/C27H20ClN3O6S/c1-3-36-26(33)23-15(2)29-27-30(24(23)16-7-5-4-6-8-16)25(32)22(38-27)14-18-10-12-21(37-18)19-13-17(31(34)35)9-11-20(19)28/h4-14,24H,3H2,1-2H3/b22-14-/t24-/m0/s1. The third-order valence-electron chi connectivity index (χ3n) is 5.96. The molecule has 3 heterocycles. The van der Waals surface area contributed by atoms with Crippen LogP contribution in [-0.2, 0) is 9.53 Å². The van der Waals surface area contributed by atoms with Gasteiger partial charge < -0.3 is 9.15 Å². The summed E-state index contributed by atoms with van der Waals surface area (Å²) in [5.41, 5.74) is 1.43. The molecule has 0 unspecified atom stereocenters. The van der Waals surface area contributed by atoms with E-state index < -0.39 is 16.9 Å². The summed E-state index contributed by atoms with van der Waals surface area (Å²) in [6.07, 6.45) is 1.57. The third-order valence-corrected chi connectivity index (χ3v) is 7.27. The molecule has 0 saturated carbocycles. The Morgan fingerprint density at radius 2 is 2.00 bits per heavy atom. The maximum atomic E-state index is 13.7. The van der Waals surface area contributed by atoms with E-state index in [1.165, 1.54) is 34.1 Å². The molecule has 4 aromatic rings. The molecule has 2 aromatic heterocycles. The van der Waals surface area contributed by atoms with E-state index in [2.05, 4.69) is 4.99 Å². The van der Waals surface area contributed by atoms with Crippen LogP contribution >= 0.6 is 22.9 Å². The van der Waals surface area contributed by atoms with E-state index in [-0.39, 0.29) is 17.9 Å². The highest BCUT2D eigenvalue weighted by Crippen LogP contribution is 2.33. The van der Waals surface area contributed by atoms with Crippen molar-refractivity contribution in [3.63, 3.8) is 0 Å². The zero-order valence-corrected chi connectivity index (χ0v) is 21.8. The largest absolute Gasteiger partial charge is 0.463 e. The van der Waals surface area contributed by atoms with Gasteiger partial charge in [-0.2, -0.15) is 0 Å². The molecule has 2 aromatic carbocycles. The van der Waals surface area contributed by atoms with Crippen molar-refractivity contribution in [1.82, 2.24) is 4.57 Å². The number of hydrogen-bond donors (Lipinski definition) is 0. The molecule has 0 spiro atoms. The second-order valence-electron chi connectivity index (χ2n) is 8.34. The number of fused-ring (bicyclic) bond motifs is 1. The average molecular weight is 550 g/mol. The van der Waals surface area contributed by atoms with E-state index in [0.29, 0.717) is 42.7 Å². The van der Waals surface area contributed by atoms with Gasteiger partial charge in [-0.25, -0.2) is 9.79 Å². The lowest BCUT2D eigenvalue weighted by Crippen LogP contribution is -2.39. The molecule has 0 saturated heterocycles. The SMILES string of the molecule is CCOC(=O)C1=C(C)N=c2s/c(=C\c3ccc(-c4cc([N+](=O)[O-])ccc4Cl)o3)c(=O)n2[C@H]1c1ccccc1. The lowest BCUT2D eigenvalue weighted by atomic mass is 9.96. The van der Waals surface area contributed by atoms with E-state index in [1.54, 1.807) is 32.1 Å². The molecule has 0 aliphatic carbocycles. The van der Waals surface area contributed by atoms with Gasteiger partial charge in [-0.05, 0) is 37.6 Å². The number of nitro groups is 1. The summed E-state index contributed by atoms with van der Waals surface area (Å²) < 4.78 is 13.0. The van der Waals surface area contributed by atoms with E-state index in [1.807, 2.05) is 30.3 Å². The molecule has 192 valence electrons. The first-order valence-electron chi connectivity index (χ1n) is 11.6. The number of thiazole rings is 1. The molecular weight excluding hydrogens is 530 g/mol. The topological polar surface area (TPSA) is 117 Å². The lowest BCUT2D eigenvalue weighted by Gasteiger charge is -2.24. The fourth-order valence-corrected chi connectivity index (χ4v) is 5.50. The smallest absolute Gasteiger partial charge is 0.338 e. The maximum Gasteiger partial charge on any atom is 0.338 e. The molecule has 38 heavy (non-hydrogen) atoms. The van der Waals surface area contributed by atoms with Crippen LogP contribution in [0.15, 0.2) is 86.1 Å². The zero-order valence-electron chi connectivity index (χ0n) is 20.2. The molecule has 0 radical (unpaired) electrons. The predicted molar refractivity (Wildman–Crippen MR) is 143 cm³/mol. The number of nitro benzene ring substituents is 1. The Balaban J connectivity index is 1.62. The monoisotopic (exact) mass is 549 g/mol. The number of hydrogen-bond acceptors (Lipinski definition) is 8. The number of nitrogens with zero attached hydrogens (tertiary/aromatic N) is 3. The molecule has 1 aliphatic heterocycles. The van der Waals surface area contributed by atoms with Crippen molar-refractivity contribution in [2.24, 2.45) is 4.99 Å². The van der Waals surface area contributed by atoms with Crippen LogP contribution in [0.3, 0.4) is 0 Å². The van der Waals surface area contributed by atoms with Crippen LogP contribution in [0.1, 0.15) is 31.2 Å². The summed E-state index contributed by atoms with van der Waals surface area (Å²) in [6.45, 7) is 3.64. The van der Waals surface area contributed by atoms with E-state index >= 15 is 0 Å². The highest BCUT2D eigenvalue weighted by atomic mass is 35.5. The average Bonchev–Trinajstić information content (AvgIpc) is 3.48. The molecule has 0 N–H and O–H groups in total. The molecule has 5 rings (SSSR count). The summed E-state index contributed by atoms with van der Waals surface area (Å²) >= 11 is 7.42. The van der Waals surface area contributed by atoms with E-state index in [0.717, 1.165) is 5.56 Å². The van der Waals surface area contributed by atoms with Gasteiger partial charge in [0.1, 0.15) is 11.5 Å². The van der Waals surface area contributed by atoms with Gasteiger partial charge in [0, 0.05) is 23.8 Å². The maximum absolute atomic E-state index is 13.7. The number of esters is 1. The Morgan fingerprint density at radius 3 is 2.71 bits per heavy atom. The molecule has 9 nitrogen and oxygen atoms in total. The minimum absolute atomic E-state index is 0.121. The number of carbonyl (C=O) groups is 1. The summed E-state index contributed by atoms with van der Waals surface area (Å²) in [4.78, 5) is 42.2. The van der Waals surface area contributed by atoms with Gasteiger partial charge in [-0.15, -0.1) is 0 Å². The lowest BCUT2D eigenvalue weighted by molar-refractivity contribution is -0.384. The fourth-order valence-electron chi connectivity index (χ4n) is 4.26. The van der Waals surface area contributed by atoms with Crippen LogP contribution in [0.4, 0.5) is 5.69 Å². The number of non-ortho nitro benzene ring substituents is 1. The van der Waals surface area contributed by atoms with Crippen molar-refractivity contribution in [2.75, 3.05) is 6.61 Å². The summed E-state index contributed by atoms with van der Waals surface area (Å²) in [5, 5.41) is 11.5. The van der Waals surface area contributed by atoms with E-state index in [9.17, 15) is 19.7 Å². The first-order valence-corrected chi connectivity index (χ1v) is 12.8. The van der Waals surface area contributed by atoms with Crippen LogP contribution in [0.5, 0.6) is 0 Å². The Bertz CT molecular complexity index is 1780. The molecule has 0 amide bonds. The minimum atomic E-state index is -0.704. The Morgan fingerprint density at radius 1 is 1.24 bits per heavy atom. The number of allylic oxidation sites excluding steroid dienone is 1. The van der Waals surface area contributed by atoms with Crippen molar-refractivity contribution in [2.45, 2.75) is 19.9 Å². The van der Waals surface area contributed by atoms with Gasteiger partial charge in [0.2, 0.25) is 0 Å². The fraction of sp³-hybridized carbons (Fsp3) is 0.148. The number of furan rings is 1. The van der Waals surface area contributed by atoms with Crippen LogP contribution in [0.25, 0.3) is 17.4 Å². The molecule has 1 aliphatic rings. The normalized spacial score (nSPS) is 15.2. The van der Waals surface area contributed by atoms with Gasteiger partial charge in [-0.1, -0.05) is 53.3 Å². The van der Waals surface area contributed by atoms with Gasteiger partial charge in [0.15, 0.2) is 4.80 Å². The first kappa shape index (κ1) is 25.4. The van der Waals surface area contributed by atoms with Gasteiger partial charge in [0.25, 0.3) is 11.2 Å². The summed E-state index contributed by atoms with van der Waals surface area (Å²) in [5.74, 6) is 0.146. The number of ether oxygens (including phenoxy) is 1. The van der Waals surface area contributed by atoms with Gasteiger partial charge in [-0.3, -0.25) is 19.5 Å². The number of benzene rings is 2. The van der Waals surface area contributed by atoms with Gasteiger partial charge in [0.05, 0.1) is 38.4 Å². The minimum Gasteiger partial charge on any atom is -0.463 e. The Labute approximate surface area is 224 Å². The van der Waals surface area contributed by atoms with Crippen LogP contribution in [0.2, 0.25) is 5.02 Å².